The number of amides is 2. The van der Waals surface area contributed by atoms with Gasteiger partial charge in [-0.05, 0) is 22.6 Å². The summed E-state index contributed by atoms with van der Waals surface area (Å²) in [6.45, 7) is 6.55. The Morgan fingerprint density at radius 2 is 1.90 bits per heavy atom. The standard InChI is InChI=1S/C22H30N4O3/c1-22(2,3)12-20(28)26-14-17(27)11-19(26)21(29)23-13-15-5-7-16(8-6-15)18-9-10-24-25(18)4/h5-10,17,19,27H,11-14H2,1-4H3,(H,23,29). The minimum Gasteiger partial charge on any atom is -0.391 e. The minimum atomic E-state index is -0.659. The van der Waals surface area contributed by atoms with Crippen LogP contribution in [-0.4, -0.2) is 50.3 Å². The van der Waals surface area contributed by atoms with E-state index in [1.165, 1.54) is 4.90 Å². The monoisotopic (exact) mass is 398 g/mol. The Labute approximate surface area is 171 Å². The van der Waals surface area contributed by atoms with Crippen molar-refractivity contribution in [1.29, 1.82) is 0 Å². The maximum Gasteiger partial charge on any atom is 0.243 e. The highest BCUT2D eigenvalue weighted by Crippen LogP contribution is 2.25. The minimum absolute atomic E-state index is 0.0882. The fourth-order valence-electron chi connectivity index (χ4n) is 3.65. The van der Waals surface area contributed by atoms with Crippen LogP contribution in [0.2, 0.25) is 0 Å². The molecule has 2 amide bonds. The largest absolute Gasteiger partial charge is 0.391 e. The van der Waals surface area contributed by atoms with Crippen LogP contribution in [0.5, 0.6) is 0 Å². The number of aryl methyl sites for hydroxylation is 1. The molecule has 2 aromatic rings. The lowest BCUT2D eigenvalue weighted by molar-refractivity contribution is -0.140. The highest BCUT2D eigenvalue weighted by Gasteiger charge is 2.39. The number of rotatable bonds is 5. The number of likely N-dealkylation sites (tertiary alicyclic amines) is 1. The fourth-order valence-corrected chi connectivity index (χ4v) is 3.65. The Balaban J connectivity index is 1.60. The maximum absolute atomic E-state index is 12.7. The van der Waals surface area contributed by atoms with E-state index in [2.05, 4.69) is 10.4 Å². The number of carbonyl (C=O) groups is 2. The number of hydrogen-bond donors (Lipinski definition) is 2. The molecular weight excluding hydrogens is 368 g/mol. The van der Waals surface area contributed by atoms with E-state index < -0.39 is 12.1 Å². The van der Waals surface area contributed by atoms with Gasteiger partial charge < -0.3 is 15.3 Å². The summed E-state index contributed by atoms with van der Waals surface area (Å²) in [7, 11) is 1.90. The van der Waals surface area contributed by atoms with E-state index in [0.29, 0.717) is 13.0 Å². The van der Waals surface area contributed by atoms with Gasteiger partial charge in [0.25, 0.3) is 0 Å². The van der Waals surface area contributed by atoms with Gasteiger partial charge in [-0.25, -0.2) is 0 Å². The van der Waals surface area contributed by atoms with Crippen molar-refractivity contribution in [2.75, 3.05) is 6.54 Å². The van der Waals surface area contributed by atoms with Crippen molar-refractivity contribution in [3.63, 3.8) is 0 Å². The zero-order valence-corrected chi connectivity index (χ0v) is 17.6. The molecule has 0 saturated carbocycles. The smallest absolute Gasteiger partial charge is 0.243 e. The summed E-state index contributed by atoms with van der Waals surface area (Å²) < 4.78 is 1.81. The second kappa shape index (κ2) is 8.37. The summed E-state index contributed by atoms with van der Waals surface area (Å²) in [6.07, 6.45) is 1.72. The summed E-state index contributed by atoms with van der Waals surface area (Å²) in [6, 6.07) is 9.26. The van der Waals surface area contributed by atoms with Crippen molar-refractivity contribution in [2.45, 2.75) is 52.3 Å². The number of aliphatic hydroxyl groups excluding tert-OH is 1. The molecule has 0 aliphatic carbocycles. The molecule has 1 saturated heterocycles. The third-order valence-corrected chi connectivity index (χ3v) is 5.12. The van der Waals surface area contributed by atoms with Crippen molar-refractivity contribution in [3.8, 4) is 11.3 Å². The van der Waals surface area contributed by atoms with E-state index in [0.717, 1.165) is 16.8 Å². The van der Waals surface area contributed by atoms with Crippen LogP contribution in [-0.2, 0) is 23.2 Å². The topological polar surface area (TPSA) is 87.5 Å². The van der Waals surface area contributed by atoms with E-state index >= 15 is 0 Å². The highest BCUT2D eigenvalue weighted by molar-refractivity contribution is 5.88. The van der Waals surface area contributed by atoms with Crippen LogP contribution in [0.15, 0.2) is 36.5 Å². The summed E-state index contributed by atoms with van der Waals surface area (Å²) in [4.78, 5) is 26.8. The zero-order chi connectivity index (χ0) is 21.2. The number of carbonyl (C=O) groups excluding carboxylic acids is 2. The van der Waals surface area contributed by atoms with Gasteiger partial charge in [-0.15, -0.1) is 0 Å². The molecule has 1 aliphatic heterocycles. The van der Waals surface area contributed by atoms with Crippen LogP contribution in [0.3, 0.4) is 0 Å². The second-order valence-electron chi connectivity index (χ2n) is 8.94. The summed E-state index contributed by atoms with van der Waals surface area (Å²) >= 11 is 0. The van der Waals surface area contributed by atoms with Gasteiger partial charge in [0.1, 0.15) is 6.04 Å². The molecule has 1 aromatic carbocycles. The Bertz CT molecular complexity index is 867. The Morgan fingerprint density at radius 1 is 1.21 bits per heavy atom. The molecule has 2 heterocycles. The van der Waals surface area contributed by atoms with Gasteiger partial charge in [-0.3, -0.25) is 14.3 Å². The molecule has 156 valence electrons. The number of nitrogens with one attached hydrogen (secondary N) is 1. The van der Waals surface area contributed by atoms with Crippen molar-refractivity contribution in [3.05, 3.63) is 42.1 Å². The van der Waals surface area contributed by atoms with Crippen LogP contribution in [0.25, 0.3) is 11.3 Å². The summed E-state index contributed by atoms with van der Waals surface area (Å²) in [5, 5.41) is 17.1. The molecule has 1 fully saturated rings. The van der Waals surface area contributed by atoms with Crippen molar-refractivity contribution < 1.29 is 14.7 Å². The third-order valence-electron chi connectivity index (χ3n) is 5.12. The van der Waals surface area contributed by atoms with Crippen LogP contribution in [0, 0.1) is 5.41 Å². The average molecular weight is 399 g/mol. The molecular formula is C22H30N4O3. The lowest BCUT2D eigenvalue weighted by Gasteiger charge is -2.27. The predicted molar refractivity (Wildman–Crippen MR) is 111 cm³/mol. The number of nitrogens with zero attached hydrogens (tertiary/aromatic N) is 3. The SMILES string of the molecule is Cn1nccc1-c1ccc(CNC(=O)C2CC(O)CN2C(=O)CC(C)(C)C)cc1. The first-order chi connectivity index (χ1) is 13.6. The molecule has 3 rings (SSSR count). The number of β-amino-alcohol motifs (C(OH)–C–C–N with tert-alkyl or cyclic N) is 1. The van der Waals surface area contributed by atoms with Crippen LogP contribution in [0.1, 0.15) is 39.2 Å². The molecule has 1 aromatic heterocycles. The first kappa shape index (κ1) is 21.0. The van der Waals surface area contributed by atoms with Crippen LogP contribution in [0.4, 0.5) is 0 Å². The molecule has 2 atom stereocenters. The predicted octanol–water partition coefficient (Wildman–Crippen LogP) is 2.10. The molecule has 2 N–H and O–H groups in total. The molecule has 0 spiro atoms. The van der Waals surface area contributed by atoms with E-state index in [9.17, 15) is 14.7 Å². The number of benzene rings is 1. The van der Waals surface area contributed by atoms with Crippen LogP contribution >= 0.6 is 0 Å². The van der Waals surface area contributed by atoms with Gasteiger partial charge in [-0.2, -0.15) is 5.10 Å². The lowest BCUT2D eigenvalue weighted by Crippen LogP contribution is -2.46. The first-order valence-corrected chi connectivity index (χ1v) is 9.96. The quantitative estimate of drug-likeness (QED) is 0.807. The van der Waals surface area contributed by atoms with Gasteiger partial charge in [0.05, 0.1) is 11.8 Å². The van der Waals surface area contributed by atoms with Gasteiger partial charge in [0, 0.05) is 39.2 Å². The van der Waals surface area contributed by atoms with E-state index in [4.69, 9.17) is 0 Å². The van der Waals surface area contributed by atoms with Crippen molar-refractivity contribution >= 4 is 11.8 Å². The fraction of sp³-hybridized carbons (Fsp3) is 0.500. The molecule has 0 bridgehead atoms. The summed E-state index contributed by atoms with van der Waals surface area (Å²) in [5.41, 5.74) is 2.88. The number of hydrogen-bond acceptors (Lipinski definition) is 4. The second-order valence-corrected chi connectivity index (χ2v) is 8.94. The van der Waals surface area contributed by atoms with Gasteiger partial charge in [0.15, 0.2) is 0 Å². The Kier molecular flexibility index (Phi) is 6.07. The molecule has 2 unspecified atom stereocenters. The lowest BCUT2D eigenvalue weighted by atomic mass is 9.91. The molecule has 7 nitrogen and oxygen atoms in total. The maximum atomic E-state index is 12.7. The molecule has 0 radical (unpaired) electrons. The number of aliphatic hydroxyl groups is 1. The molecule has 29 heavy (non-hydrogen) atoms. The highest BCUT2D eigenvalue weighted by atomic mass is 16.3. The molecule has 1 aliphatic rings. The normalized spacial score (nSPS) is 19.4. The van der Waals surface area contributed by atoms with E-state index in [1.54, 1.807) is 6.20 Å². The Hall–Kier alpha value is -2.67. The summed E-state index contributed by atoms with van der Waals surface area (Å²) in [5.74, 6) is -0.311. The number of aromatic nitrogens is 2. The average Bonchev–Trinajstić information content (AvgIpc) is 3.24. The van der Waals surface area contributed by atoms with Gasteiger partial charge in [-0.1, -0.05) is 45.0 Å². The van der Waals surface area contributed by atoms with Gasteiger partial charge in [0.2, 0.25) is 11.8 Å². The first-order valence-electron chi connectivity index (χ1n) is 9.96. The van der Waals surface area contributed by atoms with Crippen LogP contribution < -0.4 is 5.32 Å². The van der Waals surface area contributed by atoms with E-state index in [-0.39, 0.29) is 30.2 Å². The van der Waals surface area contributed by atoms with Crippen molar-refractivity contribution in [2.24, 2.45) is 12.5 Å². The zero-order valence-electron chi connectivity index (χ0n) is 17.6. The van der Waals surface area contributed by atoms with Crippen molar-refractivity contribution in [1.82, 2.24) is 20.0 Å². The van der Waals surface area contributed by atoms with Gasteiger partial charge >= 0.3 is 0 Å². The third kappa shape index (κ3) is 5.23. The molecule has 7 heteroatoms. The van der Waals surface area contributed by atoms with E-state index in [1.807, 2.05) is 62.8 Å². The Morgan fingerprint density at radius 3 is 2.48 bits per heavy atom.